The lowest BCUT2D eigenvalue weighted by molar-refractivity contribution is 0.139. The number of pyridine rings is 1. The van der Waals surface area contributed by atoms with Crippen LogP contribution in [0.3, 0.4) is 0 Å². The minimum Gasteiger partial charge on any atom is -0.356 e. The number of likely N-dealkylation sites (N-methyl/N-ethyl adjacent to an activating group) is 1. The van der Waals surface area contributed by atoms with E-state index >= 15 is 0 Å². The van der Waals surface area contributed by atoms with Gasteiger partial charge in [0.2, 0.25) is 0 Å². The van der Waals surface area contributed by atoms with E-state index in [-0.39, 0.29) is 24.0 Å². The second-order valence-corrected chi connectivity index (χ2v) is 6.66. The molecular weight excluding hydrogens is 427 g/mol. The van der Waals surface area contributed by atoms with E-state index in [9.17, 15) is 0 Å². The first-order valence-corrected chi connectivity index (χ1v) is 8.92. The van der Waals surface area contributed by atoms with Crippen LogP contribution in [-0.4, -0.2) is 80.7 Å². The van der Waals surface area contributed by atoms with E-state index in [1.54, 1.807) is 0 Å². The zero-order chi connectivity index (χ0) is 17.2. The molecule has 2 rings (SSSR count). The predicted octanol–water partition coefficient (Wildman–Crippen LogP) is 1.29. The first kappa shape index (κ1) is 22.1. The Morgan fingerprint density at radius 3 is 2.64 bits per heavy atom. The van der Waals surface area contributed by atoms with Crippen molar-refractivity contribution in [2.45, 2.75) is 13.3 Å². The maximum absolute atomic E-state index is 4.34. The van der Waals surface area contributed by atoms with Gasteiger partial charge in [-0.2, -0.15) is 0 Å². The molecule has 2 N–H and O–H groups in total. The summed E-state index contributed by atoms with van der Waals surface area (Å²) in [5, 5.41) is 6.80. The second kappa shape index (κ2) is 12.4. The standard InChI is InChI=1S/C18H32N6.HI/c1-16(15-24-12-10-23(3)11-13-24)14-22-18(19-2)21-9-7-17-6-4-5-8-20-17;/h4-6,8,16H,7,9-15H2,1-3H3,(H2,19,21,22);1H. The van der Waals surface area contributed by atoms with Gasteiger partial charge in [-0.3, -0.25) is 9.98 Å². The van der Waals surface area contributed by atoms with E-state index in [0.29, 0.717) is 5.92 Å². The molecule has 6 nitrogen and oxygen atoms in total. The molecule has 1 atom stereocenters. The maximum atomic E-state index is 4.34. The topological polar surface area (TPSA) is 55.8 Å². The summed E-state index contributed by atoms with van der Waals surface area (Å²) in [7, 11) is 4.02. The highest BCUT2D eigenvalue weighted by atomic mass is 127. The molecule has 1 aromatic heterocycles. The summed E-state index contributed by atoms with van der Waals surface area (Å²) in [4.78, 5) is 13.6. The Kier molecular flexibility index (Phi) is 11.0. The van der Waals surface area contributed by atoms with Gasteiger partial charge in [-0.05, 0) is 25.1 Å². The lowest BCUT2D eigenvalue weighted by atomic mass is 10.1. The number of aromatic nitrogens is 1. The third kappa shape index (κ3) is 8.82. The van der Waals surface area contributed by atoms with Gasteiger partial charge in [-0.15, -0.1) is 24.0 Å². The molecule has 0 aromatic carbocycles. The molecule has 25 heavy (non-hydrogen) atoms. The molecule has 2 heterocycles. The fraction of sp³-hybridized carbons (Fsp3) is 0.667. The largest absolute Gasteiger partial charge is 0.356 e. The number of hydrogen-bond donors (Lipinski definition) is 2. The van der Waals surface area contributed by atoms with Gasteiger partial charge in [0.1, 0.15) is 0 Å². The summed E-state index contributed by atoms with van der Waals surface area (Å²) >= 11 is 0. The number of piperazine rings is 1. The molecular formula is C18H33IN6. The Hall–Kier alpha value is -0.930. The van der Waals surface area contributed by atoms with Crippen LogP contribution < -0.4 is 10.6 Å². The number of aliphatic imine (C=N–C) groups is 1. The van der Waals surface area contributed by atoms with Crippen molar-refractivity contribution >= 4 is 29.9 Å². The number of halogens is 1. The molecule has 0 aliphatic carbocycles. The molecule has 0 radical (unpaired) electrons. The number of rotatable bonds is 7. The van der Waals surface area contributed by atoms with Crippen LogP contribution in [0.15, 0.2) is 29.4 Å². The molecule has 7 heteroatoms. The van der Waals surface area contributed by atoms with Crippen LogP contribution >= 0.6 is 24.0 Å². The van der Waals surface area contributed by atoms with Crippen molar-refractivity contribution < 1.29 is 0 Å². The van der Waals surface area contributed by atoms with Gasteiger partial charge in [0.15, 0.2) is 5.96 Å². The van der Waals surface area contributed by atoms with Gasteiger partial charge >= 0.3 is 0 Å². The van der Waals surface area contributed by atoms with Gasteiger partial charge in [0.25, 0.3) is 0 Å². The lowest BCUT2D eigenvalue weighted by Gasteiger charge is -2.34. The molecule has 142 valence electrons. The van der Waals surface area contributed by atoms with E-state index in [4.69, 9.17) is 0 Å². The SMILES string of the molecule is CN=C(NCCc1ccccn1)NCC(C)CN1CCN(C)CC1.I. The molecule has 1 aliphatic rings. The molecule has 1 saturated heterocycles. The van der Waals surface area contributed by atoms with Crippen LogP contribution in [0, 0.1) is 5.92 Å². The smallest absolute Gasteiger partial charge is 0.190 e. The Labute approximate surface area is 169 Å². The van der Waals surface area contributed by atoms with Crippen molar-refractivity contribution in [2.75, 3.05) is 59.9 Å². The first-order valence-electron chi connectivity index (χ1n) is 8.92. The molecule has 0 saturated carbocycles. The van der Waals surface area contributed by atoms with Gasteiger partial charge in [0, 0.05) is 71.2 Å². The highest BCUT2D eigenvalue weighted by Gasteiger charge is 2.16. The highest BCUT2D eigenvalue weighted by Crippen LogP contribution is 2.03. The van der Waals surface area contributed by atoms with Gasteiger partial charge in [-0.25, -0.2) is 0 Å². The normalized spacial score (nSPS) is 17.6. The second-order valence-electron chi connectivity index (χ2n) is 6.66. The third-order valence-corrected chi connectivity index (χ3v) is 4.41. The molecule has 0 spiro atoms. The molecule has 1 fully saturated rings. The molecule has 1 unspecified atom stereocenters. The van der Waals surface area contributed by atoms with E-state index in [1.165, 1.54) is 26.2 Å². The van der Waals surface area contributed by atoms with Crippen LogP contribution in [0.5, 0.6) is 0 Å². The molecule has 0 bridgehead atoms. The Morgan fingerprint density at radius 1 is 1.24 bits per heavy atom. The third-order valence-electron chi connectivity index (χ3n) is 4.41. The summed E-state index contributed by atoms with van der Waals surface area (Å²) in [6.07, 6.45) is 2.74. The van der Waals surface area contributed by atoms with E-state index < -0.39 is 0 Å². The van der Waals surface area contributed by atoms with Crippen molar-refractivity contribution in [2.24, 2.45) is 10.9 Å². The highest BCUT2D eigenvalue weighted by molar-refractivity contribution is 14.0. The predicted molar refractivity (Wildman–Crippen MR) is 116 cm³/mol. The fourth-order valence-corrected chi connectivity index (χ4v) is 2.88. The summed E-state index contributed by atoms with van der Waals surface area (Å²) in [5.74, 6) is 1.47. The number of hydrogen-bond acceptors (Lipinski definition) is 4. The van der Waals surface area contributed by atoms with Crippen LogP contribution in [-0.2, 0) is 6.42 Å². The average Bonchev–Trinajstić information content (AvgIpc) is 2.61. The van der Waals surface area contributed by atoms with E-state index in [0.717, 1.165) is 37.7 Å². The summed E-state index contributed by atoms with van der Waals surface area (Å²) in [6.45, 7) is 9.93. The van der Waals surface area contributed by atoms with Crippen LogP contribution in [0.4, 0.5) is 0 Å². The zero-order valence-electron chi connectivity index (χ0n) is 15.7. The summed E-state index contributed by atoms with van der Waals surface area (Å²) in [6, 6.07) is 6.02. The van der Waals surface area contributed by atoms with Crippen molar-refractivity contribution in [1.29, 1.82) is 0 Å². The minimum absolute atomic E-state index is 0. The van der Waals surface area contributed by atoms with Gasteiger partial charge in [-0.1, -0.05) is 13.0 Å². The average molecular weight is 460 g/mol. The van der Waals surface area contributed by atoms with Gasteiger partial charge < -0.3 is 20.4 Å². The quantitative estimate of drug-likeness (QED) is 0.365. The Morgan fingerprint density at radius 2 is 2.00 bits per heavy atom. The fourth-order valence-electron chi connectivity index (χ4n) is 2.88. The Balaban J connectivity index is 0.00000312. The summed E-state index contributed by atoms with van der Waals surface area (Å²) in [5.41, 5.74) is 1.10. The molecule has 0 amide bonds. The maximum Gasteiger partial charge on any atom is 0.190 e. The molecule has 1 aliphatic heterocycles. The monoisotopic (exact) mass is 460 g/mol. The van der Waals surface area contributed by atoms with E-state index in [1.807, 2.05) is 25.4 Å². The van der Waals surface area contributed by atoms with Crippen molar-refractivity contribution in [3.8, 4) is 0 Å². The number of nitrogens with zero attached hydrogens (tertiary/aromatic N) is 4. The van der Waals surface area contributed by atoms with E-state index in [2.05, 4.69) is 50.4 Å². The molecule has 1 aromatic rings. The zero-order valence-corrected chi connectivity index (χ0v) is 18.1. The summed E-state index contributed by atoms with van der Waals surface area (Å²) < 4.78 is 0. The van der Waals surface area contributed by atoms with Crippen molar-refractivity contribution in [1.82, 2.24) is 25.4 Å². The van der Waals surface area contributed by atoms with Crippen molar-refractivity contribution in [3.05, 3.63) is 30.1 Å². The number of nitrogens with one attached hydrogen (secondary N) is 2. The van der Waals surface area contributed by atoms with Gasteiger partial charge in [0.05, 0.1) is 0 Å². The van der Waals surface area contributed by atoms with Crippen LogP contribution in [0.1, 0.15) is 12.6 Å². The lowest BCUT2D eigenvalue weighted by Crippen LogP contribution is -2.47. The first-order chi connectivity index (χ1) is 11.7. The van der Waals surface area contributed by atoms with Crippen LogP contribution in [0.25, 0.3) is 0 Å². The minimum atomic E-state index is 0. The Bertz CT molecular complexity index is 488. The van der Waals surface area contributed by atoms with Crippen molar-refractivity contribution in [3.63, 3.8) is 0 Å². The number of guanidine groups is 1. The van der Waals surface area contributed by atoms with Crippen LogP contribution in [0.2, 0.25) is 0 Å².